The van der Waals surface area contributed by atoms with Crippen molar-refractivity contribution in [3.8, 4) is 11.5 Å². The van der Waals surface area contributed by atoms with Crippen molar-refractivity contribution in [2.75, 3.05) is 12.9 Å². The molecule has 2 aromatic carbocycles. The van der Waals surface area contributed by atoms with Crippen molar-refractivity contribution < 1.29 is 22.7 Å². The Hall–Kier alpha value is -3.15. The predicted molar refractivity (Wildman–Crippen MR) is 138 cm³/mol. The first-order chi connectivity index (χ1) is 16.6. The molecular formula is C23H21ClN4O5S2. The molecule has 0 aliphatic carbocycles. The lowest BCUT2D eigenvalue weighted by Gasteiger charge is -2.24. The number of ether oxygens (including phenoxy) is 2. The Morgan fingerprint density at radius 1 is 1.20 bits per heavy atom. The number of benzene rings is 2. The fourth-order valence-corrected chi connectivity index (χ4v) is 5.44. The average molecular weight is 533 g/mol. The molecule has 0 spiro atoms. The predicted octanol–water partition coefficient (Wildman–Crippen LogP) is 4.25. The van der Waals surface area contributed by atoms with Crippen LogP contribution in [0.15, 0.2) is 51.4 Å². The summed E-state index contributed by atoms with van der Waals surface area (Å²) in [7, 11) is -3.74. The molecule has 2 aliphatic heterocycles. The summed E-state index contributed by atoms with van der Waals surface area (Å²) < 4.78 is 39.7. The molecule has 9 nitrogen and oxygen atoms in total. The van der Waals surface area contributed by atoms with Crippen molar-refractivity contribution in [2.45, 2.75) is 20.5 Å². The first-order valence-corrected chi connectivity index (χ1v) is 13.5. The third-order valence-corrected chi connectivity index (χ3v) is 7.01. The third-order valence-electron chi connectivity index (χ3n) is 4.97. The number of nitrogens with zero attached hydrogens (tertiary/aromatic N) is 3. The van der Waals surface area contributed by atoms with Crippen LogP contribution in [0.25, 0.3) is 6.08 Å². The zero-order chi connectivity index (χ0) is 25.3. The van der Waals surface area contributed by atoms with Gasteiger partial charge in [-0.1, -0.05) is 41.4 Å². The van der Waals surface area contributed by atoms with E-state index in [0.29, 0.717) is 23.7 Å². The maximum atomic E-state index is 12.6. The maximum absolute atomic E-state index is 12.6. The smallest absolute Gasteiger partial charge is 0.283 e. The molecule has 1 N–H and O–H groups in total. The lowest BCUT2D eigenvalue weighted by atomic mass is 10.1. The van der Waals surface area contributed by atoms with Crippen LogP contribution < -0.4 is 9.47 Å². The summed E-state index contributed by atoms with van der Waals surface area (Å²) in [4.78, 5) is 17.6. The molecule has 4 rings (SSSR count). The summed E-state index contributed by atoms with van der Waals surface area (Å²) >= 11 is 7.24. The lowest BCUT2D eigenvalue weighted by Crippen LogP contribution is -2.45. The number of hydrogen-bond donors (Lipinski definition) is 1. The zero-order valence-corrected chi connectivity index (χ0v) is 21.4. The average Bonchev–Trinajstić information content (AvgIpc) is 3.22. The summed E-state index contributed by atoms with van der Waals surface area (Å²) in [6, 6.07) is 11.1. The van der Waals surface area contributed by atoms with Gasteiger partial charge in [-0.05, 0) is 43.2 Å². The van der Waals surface area contributed by atoms with Crippen molar-refractivity contribution in [3.63, 3.8) is 0 Å². The number of aliphatic imine (C=N–C) groups is 1. The Kier molecular flexibility index (Phi) is 7.02. The first kappa shape index (κ1) is 25.0. The molecule has 0 unspecified atom stereocenters. The second kappa shape index (κ2) is 9.84. The number of carbonyl (C=O) groups is 1. The molecular weight excluding hydrogens is 512 g/mol. The molecule has 0 radical (unpaired) electrons. The number of fused-ring (bicyclic) bond motifs is 1. The molecule has 2 heterocycles. The second-order valence-electron chi connectivity index (χ2n) is 7.72. The van der Waals surface area contributed by atoms with E-state index in [4.69, 9.17) is 26.5 Å². The van der Waals surface area contributed by atoms with Gasteiger partial charge in [-0.2, -0.15) is 9.39 Å². The molecule has 2 aliphatic rings. The summed E-state index contributed by atoms with van der Waals surface area (Å²) in [5, 5.41) is 8.40. The van der Waals surface area contributed by atoms with Crippen LogP contribution in [0, 0.1) is 12.3 Å². The van der Waals surface area contributed by atoms with E-state index < -0.39 is 15.7 Å². The van der Waals surface area contributed by atoms with Gasteiger partial charge < -0.3 is 9.47 Å². The molecule has 0 saturated heterocycles. The molecule has 2 aromatic rings. The highest BCUT2D eigenvalue weighted by molar-refractivity contribution is 8.16. The van der Waals surface area contributed by atoms with E-state index in [1.54, 1.807) is 12.1 Å². The fraction of sp³-hybridized carbons (Fsp3) is 0.217. The van der Waals surface area contributed by atoms with Crippen LogP contribution >= 0.6 is 23.5 Å². The Balaban J connectivity index is 1.66. The van der Waals surface area contributed by atoms with Gasteiger partial charge in [0.05, 0.1) is 29.2 Å². The molecule has 0 atom stereocenters. The van der Waals surface area contributed by atoms with E-state index >= 15 is 0 Å². The Morgan fingerprint density at radius 3 is 2.57 bits per heavy atom. The third kappa shape index (κ3) is 5.26. The molecule has 1 amide bonds. The van der Waals surface area contributed by atoms with E-state index in [1.165, 1.54) is 6.08 Å². The van der Waals surface area contributed by atoms with Crippen molar-refractivity contribution in [2.24, 2.45) is 9.39 Å². The zero-order valence-electron chi connectivity index (χ0n) is 19.0. The molecule has 12 heteroatoms. The maximum Gasteiger partial charge on any atom is 0.283 e. The SMILES string of the molecule is CCOc1cc(C=C2C(=N)N3C(=NC2=O)SN=C3S(C)(=O)=O)cc(Cl)c1OCc1ccc(C)cc1. The minimum Gasteiger partial charge on any atom is -0.490 e. The topological polar surface area (TPSA) is 121 Å². The summed E-state index contributed by atoms with van der Waals surface area (Å²) in [5.74, 6) is -0.312. The number of amidine groups is 3. The molecule has 182 valence electrons. The lowest BCUT2D eigenvalue weighted by molar-refractivity contribution is -0.114. The number of rotatable bonds is 6. The van der Waals surface area contributed by atoms with Crippen molar-refractivity contribution in [1.29, 1.82) is 5.41 Å². The monoisotopic (exact) mass is 532 g/mol. The number of aryl methyl sites for hydroxylation is 1. The Morgan fingerprint density at radius 2 is 1.91 bits per heavy atom. The summed E-state index contributed by atoms with van der Waals surface area (Å²) in [6.45, 7) is 4.44. The standard InChI is InChI=1S/C23H21ClN4O5S2/c1-4-32-18-11-15(10-17(24)19(18)33-12-14-7-5-13(2)6-8-14)9-16-20(25)28-22(26-21(16)29)34-27-23(28)35(3,30)31/h5-11,25H,4,12H2,1-3H3. The summed E-state index contributed by atoms with van der Waals surface area (Å²) in [5.41, 5.74) is 2.44. The quantitative estimate of drug-likeness (QED) is 0.436. The molecule has 35 heavy (non-hydrogen) atoms. The van der Waals surface area contributed by atoms with E-state index in [2.05, 4.69) is 9.39 Å². The second-order valence-corrected chi connectivity index (χ2v) is 10.8. The highest BCUT2D eigenvalue weighted by atomic mass is 35.5. The van der Waals surface area contributed by atoms with Crippen LogP contribution in [-0.4, -0.2) is 48.3 Å². The normalized spacial score (nSPS) is 16.8. The van der Waals surface area contributed by atoms with Crippen LogP contribution in [0.4, 0.5) is 0 Å². The van der Waals surface area contributed by atoms with E-state index in [9.17, 15) is 13.2 Å². The molecule has 0 fully saturated rings. The van der Waals surface area contributed by atoms with Gasteiger partial charge in [0, 0.05) is 6.26 Å². The number of hydrogen-bond acceptors (Lipinski definition) is 8. The van der Waals surface area contributed by atoms with Gasteiger partial charge in [-0.3, -0.25) is 10.2 Å². The van der Waals surface area contributed by atoms with E-state index in [0.717, 1.165) is 34.2 Å². The van der Waals surface area contributed by atoms with Gasteiger partial charge in [0.25, 0.3) is 5.91 Å². The van der Waals surface area contributed by atoms with Gasteiger partial charge in [-0.15, -0.1) is 0 Å². The minimum atomic E-state index is -3.74. The molecule has 0 aromatic heterocycles. The largest absolute Gasteiger partial charge is 0.490 e. The molecule has 0 bridgehead atoms. The minimum absolute atomic E-state index is 0.0190. The number of carbonyl (C=O) groups excluding carboxylic acids is 1. The number of nitrogens with one attached hydrogen (secondary N) is 1. The van der Waals surface area contributed by atoms with Gasteiger partial charge >= 0.3 is 0 Å². The highest BCUT2D eigenvalue weighted by Gasteiger charge is 2.41. The fourth-order valence-electron chi connectivity index (χ4n) is 3.32. The van der Waals surface area contributed by atoms with Gasteiger partial charge in [0.2, 0.25) is 20.2 Å². The van der Waals surface area contributed by atoms with Gasteiger partial charge in [0.1, 0.15) is 12.4 Å². The van der Waals surface area contributed by atoms with Crippen molar-refractivity contribution >= 4 is 61.5 Å². The van der Waals surface area contributed by atoms with Crippen LogP contribution in [0.2, 0.25) is 5.02 Å². The Bertz CT molecular complexity index is 1420. The Labute approximate surface area is 212 Å². The van der Waals surface area contributed by atoms with Crippen molar-refractivity contribution in [3.05, 3.63) is 63.7 Å². The van der Waals surface area contributed by atoms with Gasteiger partial charge in [-0.25, -0.2) is 13.3 Å². The number of halogens is 1. The van der Waals surface area contributed by atoms with Crippen LogP contribution in [0.1, 0.15) is 23.6 Å². The molecule has 0 saturated carbocycles. The van der Waals surface area contributed by atoms with E-state index in [-0.39, 0.29) is 33.4 Å². The van der Waals surface area contributed by atoms with E-state index in [1.807, 2.05) is 38.1 Å². The number of sulfone groups is 1. The summed E-state index contributed by atoms with van der Waals surface area (Å²) in [6.07, 6.45) is 2.39. The number of amides is 1. The van der Waals surface area contributed by atoms with Crippen LogP contribution in [0.5, 0.6) is 11.5 Å². The van der Waals surface area contributed by atoms with Crippen molar-refractivity contribution in [1.82, 2.24) is 4.90 Å². The first-order valence-electron chi connectivity index (χ1n) is 10.4. The van der Waals surface area contributed by atoms with Gasteiger partial charge in [0.15, 0.2) is 11.5 Å². The van der Waals surface area contributed by atoms with Crippen LogP contribution in [-0.2, 0) is 21.2 Å². The van der Waals surface area contributed by atoms with Crippen LogP contribution in [0.3, 0.4) is 0 Å². The highest BCUT2D eigenvalue weighted by Crippen LogP contribution is 2.38.